The van der Waals surface area contributed by atoms with Crippen molar-refractivity contribution in [3.8, 4) is 0 Å². The van der Waals surface area contributed by atoms with Crippen LogP contribution in [0.2, 0.25) is 0 Å². The van der Waals surface area contributed by atoms with E-state index in [1.165, 1.54) is 12.1 Å². The van der Waals surface area contributed by atoms with Gasteiger partial charge in [0.25, 0.3) is 0 Å². The van der Waals surface area contributed by atoms with Crippen LogP contribution in [0.4, 0.5) is 10.1 Å². The predicted molar refractivity (Wildman–Crippen MR) is 74.6 cm³/mol. The van der Waals surface area contributed by atoms with Crippen LogP contribution in [0.1, 0.15) is 12.0 Å². The molecule has 1 unspecified atom stereocenters. The van der Waals surface area contributed by atoms with Crippen LogP contribution in [0.25, 0.3) is 0 Å². The van der Waals surface area contributed by atoms with E-state index in [4.69, 9.17) is 5.73 Å². The summed E-state index contributed by atoms with van der Waals surface area (Å²) in [5, 5.41) is 0. The van der Waals surface area contributed by atoms with Gasteiger partial charge in [0.2, 0.25) is 0 Å². The largest absolute Gasteiger partial charge is 0.370 e. The molecule has 0 spiro atoms. The molecule has 4 nitrogen and oxygen atoms in total. The van der Waals surface area contributed by atoms with Crippen LogP contribution in [0, 0.1) is 5.82 Å². The van der Waals surface area contributed by atoms with Crippen molar-refractivity contribution in [2.24, 2.45) is 5.73 Å². The molecule has 0 saturated carbocycles. The highest BCUT2D eigenvalue weighted by Gasteiger charge is 2.30. The lowest BCUT2D eigenvalue weighted by molar-refractivity contribution is 0.600. The minimum absolute atomic E-state index is 0.0717. The quantitative estimate of drug-likeness (QED) is 0.895. The van der Waals surface area contributed by atoms with E-state index in [1.54, 1.807) is 0 Å². The number of anilines is 1. The minimum atomic E-state index is -2.93. The monoisotopic (exact) mass is 286 g/mol. The highest BCUT2D eigenvalue weighted by molar-refractivity contribution is 7.91. The topological polar surface area (TPSA) is 63.4 Å². The Balaban J connectivity index is 2.21. The van der Waals surface area contributed by atoms with Gasteiger partial charge in [0.15, 0.2) is 9.84 Å². The molecule has 1 heterocycles. The molecule has 0 amide bonds. The summed E-state index contributed by atoms with van der Waals surface area (Å²) in [5.41, 5.74) is 7.03. The van der Waals surface area contributed by atoms with Gasteiger partial charge in [-0.2, -0.15) is 0 Å². The van der Waals surface area contributed by atoms with Crippen molar-refractivity contribution in [2.75, 3.05) is 30.0 Å². The average molecular weight is 286 g/mol. The van der Waals surface area contributed by atoms with Crippen molar-refractivity contribution >= 4 is 15.5 Å². The second-order valence-corrected chi connectivity index (χ2v) is 7.25. The lowest BCUT2D eigenvalue weighted by atomic mass is 10.1. The van der Waals surface area contributed by atoms with Crippen LogP contribution in [0.3, 0.4) is 0 Å². The number of benzene rings is 1. The summed E-state index contributed by atoms with van der Waals surface area (Å²) in [4.78, 5) is 1.85. The summed E-state index contributed by atoms with van der Waals surface area (Å²) in [6, 6.07) is 4.71. The van der Waals surface area contributed by atoms with Gasteiger partial charge in [-0.1, -0.05) is 0 Å². The Morgan fingerprint density at radius 1 is 1.42 bits per heavy atom. The fraction of sp³-hybridized carbons (Fsp3) is 0.538. The summed E-state index contributed by atoms with van der Waals surface area (Å²) < 4.78 is 36.6. The Morgan fingerprint density at radius 3 is 2.74 bits per heavy atom. The Kier molecular flexibility index (Phi) is 4.10. The van der Waals surface area contributed by atoms with Gasteiger partial charge in [-0.3, -0.25) is 0 Å². The molecule has 106 valence electrons. The lowest BCUT2D eigenvalue weighted by Gasteiger charge is -2.26. The van der Waals surface area contributed by atoms with E-state index in [-0.39, 0.29) is 23.4 Å². The fourth-order valence-corrected chi connectivity index (χ4v) is 4.21. The normalized spacial score (nSPS) is 21.5. The molecule has 19 heavy (non-hydrogen) atoms. The second-order valence-electron chi connectivity index (χ2n) is 5.02. The molecule has 0 bridgehead atoms. The van der Waals surface area contributed by atoms with Crippen LogP contribution < -0.4 is 10.6 Å². The number of hydrogen-bond donors (Lipinski definition) is 1. The first kappa shape index (κ1) is 14.3. The first-order valence-corrected chi connectivity index (χ1v) is 8.16. The van der Waals surface area contributed by atoms with E-state index in [0.717, 1.165) is 5.56 Å². The molecule has 1 aliphatic rings. The van der Waals surface area contributed by atoms with Crippen LogP contribution in [-0.2, 0) is 16.3 Å². The van der Waals surface area contributed by atoms with E-state index < -0.39 is 9.84 Å². The zero-order valence-corrected chi connectivity index (χ0v) is 11.8. The summed E-state index contributed by atoms with van der Waals surface area (Å²) in [5.74, 6) is 0.0489. The van der Waals surface area contributed by atoms with Gasteiger partial charge in [-0.15, -0.1) is 0 Å². The zero-order valence-electron chi connectivity index (χ0n) is 11.0. The molecule has 6 heteroatoms. The first-order valence-electron chi connectivity index (χ1n) is 6.34. The average Bonchev–Trinajstić information content (AvgIpc) is 2.68. The van der Waals surface area contributed by atoms with Crippen molar-refractivity contribution < 1.29 is 12.8 Å². The van der Waals surface area contributed by atoms with Crippen LogP contribution in [-0.4, -0.2) is 39.6 Å². The van der Waals surface area contributed by atoms with E-state index in [9.17, 15) is 12.8 Å². The SMILES string of the molecule is CN(c1cc(F)cc(CCN)c1)C1CCS(=O)(=O)C1. The molecule has 0 aliphatic carbocycles. The second kappa shape index (κ2) is 5.46. The van der Waals surface area contributed by atoms with E-state index >= 15 is 0 Å². The summed E-state index contributed by atoms with van der Waals surface area (Å²) in [6.45, 7) is 0.463. The summed E-state index contributed by atoms with van der Waals surface area (Å²) in [7, 11) is -1.12. The van der Waals surface area contributed by atoms with Crippen molar-refractivity contribution in [3.05, 3.63) is 29.6 Å². The molecule has 0 radical (unpaired) electrons. The number of nitrogens with zero attached hydrogens (tertiary/aromatic N) is 1. The van der Waals surface area contributed by atoms with Gasteiger partial charge in [0.05, 0.1) is 11.5 Å². The third-order valence-electron chi connectivity index (χ3n) is 3.54. The molecule has 1 aromatic rings. The Hall–Kier alpha value is -1.14. The number of rotatable bonds is 4. The first-order chi connectivity index (χ1) is 8.91. The van der Waals surface area contributed by atoms with E-state index in [1.807, 2.05) is 18.0 Å². The van der Waals surface area contributed by atoms with Crippen LogP contribution in [0.5, 0.6) is 0 Å². The van der Waals surface area contributed by atoms with Crippen LogP contribution in [0.15, 0.2) is 18.2 Å². The highest BCUT2D eigenvalue weighted by atomic mass is 32.2. The number of nitrogens with two attached hydrogens (primary N) is 1. The molecule has 1 atom stereocenters. The summed E-state index contributed by atoms with van der Waals surface area (Å²) in [6.07, 6.45) is 1.21. The molecule has 0 aromatic heterocycles. The third-order valence-corrected chi connectivity index (χ3v) is 5.29. The van der Waals surface area contributed by atoms with Gasteiger partial charge in [-0.25, -0.2) is 12.8 Å². The lowest BCUT2D eigenvalue weighted by Crippen LogP contribution is -2.32. The van der Waals surface area contributed by atoms with Crippen molar-refractivity contribution in [3.63, 3.8) is 0 Å². The maximum absolute atomic E-state index is 13.6. The standard InChI is InChI=1S/C13H19FN2O2S/c1-16(12-3-5-19(17,18)9-12)13-7-10(2-4-15)6-11(14)8-13/h6-8,12H,2-5,9,15H2,1H3. The Morgan fingerprint density at radius 2 is 2.16 bits per heavy atom. The molecule has 2 rings (SSSR count). The van der Waals surface area contributed by atoms with Crippen molar-refractivity contribution in [1.29, 1.82) is 0 Å². The fourth-order valence-electron chi connectivity index (χ4n) is 2.44. The maximum Gasteiger partial charge on any atom is 0.152 e. The smallest absolute Gasteiger partial charge is 0.152 e. The van der Waals surface area contributed by atoms with E-state index in [2.05, 4.69) is 0 Å². The van der Waals surface area contributed by atoms with Crippen LogP contribution >= 0.6 is 0 Å². The maximum atomic E-state index is 13.6. The highest BCUT2D eigenvalue weighted by Crippen LogP contribution is 2.24. The predicted octanol–water partition coefficient (Wildman–Crippen LogP) is 0.950. The molecule has 1 aliphatic heterocycles. The molecule has 1 fully saturated rings. The summed E-state index contributed by atoms with van der Waals surface area (Å²) >= 11 is 0. The molecule has 1 saturated heterocycles. The van der Waals surface area contributed by atoms with Crippen molar-refractivity contribution in [1.82, 2.24) is 0 Å². The molecule has 1 aromatic carbocycles. The minimum Gasteiger partial charge on any atom is -0.370 e. The molecule has 2 N–H and O–H groups in total. The third kappa shape index (κ3) is 3.45. The molecular weight excluding hydrogens is 267 g/mol. The van der Waals surface area contributed by atoms with Gasteiger partial charge >= 0.3 is 0 Å². The van der Waals surface area contributed by atoms with Gasteiger partial charge in [0.1, 0.15) is 5.82 Å². The van der Waals surface area contributed by atoms with Crippen molar-refractivity contribution in [2.45, 2.75) is 18.9 Å². The number of hydrogen-bond acceptors (Lipinski definition) is 4. The van der Waals surface area contributed by atoms with Gasteiger partial charge < -0.3 is 10.6 Å². The van der Waals surface area contributed by atoms with Gasteiger partial charge in [-0.05, 0) is 43.1 Å². The Labute approximate surface area is 113 Å². The van der Waals surface area contributed by atoms with Gasteiger partial charge in [0, 0.05) is 18.8 Å². The zero-order chi connectivity index (χ0) is 14.0. The van der Waals surface area contributed by atoms with E-state index in [0.29, 0.717) is 25.1 Å². The Bertz CT molecular complexity index is 560. The number of sulfone groups is 1. The molecular formula is C13H19FN2O2S. The number of halogens is 1.